The molecule has 0 spiro atoms. The van der Waals surface area contributed by atoms with Gasteiger partial charge in [-0.2, -0.15) is 5.10 Å². The largest absolute Gasteiger partial charge is 0.481 e. The summed E-state index contributed by atoms with van der Waals surface area (Å²) in [5.41, 5.74) is 6.41. The Kier molecular flexibility index (Phi) is 2.15. The van der Waals surface area contributed by atoms with Gasteiger partial charge in [-0.3, -0.25) is 4.79 Å². The van der Waals surface area contributed by atoms with E-state index in [0.717, 1.165) is 12.8 Å². The minimum atomic E-state index is -0.871. The third-order valence-corrected chi connectivity index (χ3v) is 2.68. The molecule has 1 saturated carbocycles. The SMILES string of the molecule is Nc1c(CC(=O)O)cnn1C1CCC1. The van der Waals surface area contributed by atoms with Crippen molar-refractivity contribution in [1.29, 1.82) is 0 Å². The monoisotopic (exact) mass is 195 g/mol. The quantitative estimate of drug-likeness (QED) is 0.748. The van der Waals surface area contributed by atoms with Crippen molar-refractivity contribution in [2.45, 2.75) is 31.7 Å². The Bertz CT molecular complexity index is 355. The van der Waals surface area contributed by atoms with E-state index in [9.17, 15) is 4.79 Å². The Morgan fingerprint density at radius 3 is 2.93 bits per heavy atom. The van der Waals surface area contributed by atoms with Gasteiger partial charge in [0.2, 0.25) is 0 Å². The fourth-order valence-corrected chi connectivity index (χ4v) is 1.63. The lowest BCUT2D eigenvalue weighted by Gasteiger charge is -2.26. The zero-order valence-electron chi connectivity index (χ0n) is 7.81. The Labute approximate surface area is 81.5 Å². The maximum Gasteiger partial charge on any atom is 0.308 e. The van der Waals surface area contributed by atoms with E-state index in [1.54, 1.807) is 10.9 Å². The Morgan fingerprint density at radius 1 is 1.71 bits per heavy atom. The highest BCUT2D eigenvalue weighted by Gasteiger charge is 2.23. The first kappa shape index (κ1) is 9.05. The average molecular weight is 195 g/mol. The first-order chi connectivity index (χ1) is 6.68. The summed E-state index contributed by atoms with van der Waals surface area (Å²) in [6, 6.07) is 0.387. The molecular weight excluding hydrogens is 182 g/mol. The highest BCUT2D eigenvalue weighted by Crippen LogP contribution is 2.33. The van der Waals surface area contributed by atoms with Crippen molar-refractivity contribution in [2.75, 3.05) is 5.73 Å². The number of hydrogen-bond donors (Lipinski definition) is 2. The number of rotatable bonds is 3. The number of aliphatic carboxylic acids is 1. The smallest absolute Gasteiger partial charge is 0.308 e. The zero-order valence-corrected chi connectivity index (χ0v) is 7.81. The Hall–Kier alpha value is -1.52. The molecule has 1 aliphatic carbocycles. The Morgan fingerprint density at radius 2 is 2.43 bits per heavy atom. The molecule has 5 heteroatoms. The number of hydrogen-bond acceptors (Lipinski definition) is 3. The molecule has 76 valence electrons. The van der Waals surface area contributed by atoms with Crippen LogP contribution in [0.2, 0.25) is 0 Å². The van der Waals surface area contributed by atoms with Crippen LogP contribution in [-0.4, -0.2) is 20.9 Å². The molecule has 1 aromatic heterocycles. The molecule has 0 atom stereocenters. The highest BCUT2D eigenvalue weighted by molar-refractivity contribution is 5.72. The second kappa shape index (κ2) is 3.32. The fourth-order valence-electron chi connectivity index (χ4n) is 1.63. The number of carboxylic acid groups (broad SMARTS) is 1. The molecule has 0 aromatic carbocycles. The summed E-state index contributed by atoms with van der Waals surface area (Å²) in [7, 11) is 0. The fraction of sp³-hybridized carbons (Fsp3) is 0.556. The van der Waals surface area contributed by atoms with Gasteiger partial charge in [-0.1, -0.05) is 0 Å². The zero-order chi connectivity index (χ0) is 10.1. The van der Waals surface area contributed by atoms with Gasteiger partial charge in [0.1, 0.15) is 5.82 Å². The summed E-state index contributed by atoms with van der Waals surface area (Å²) >= 11 is 0. The van der Waals surface area contributed by atoms with Crippen molar-refractivity contribution in [1.82, 2.24) is 9.78 Å². The number of nitrogens with two attached hydrogens (primary N) is 1. The highest BCUT2D eigenvalue weighted by atomic mass is 16.4. The van der Waals surface area contributed by atoms with Gasteiger partial charge in [-0.05, 0) is 19.3 Å². The lowest BCUT2D eigenvalue weighted by molar-refractivity contribution is -0.136. The van der Waals surface area contributed by atoms with Crippen LogP contribution in [0.5, 0.6) is 0 Å². The van der Waals surface area contributed by atoms with E-state index in [4.69, 9.17) is 10.8 Å². The van der Waals surface area contributed by atoms with Crippen molar-refractivity contribution in [2.24, 2.45) is 0 Å². The third-order valence-electron chi connectivity index (χ3n) is 2.68. The Balaban J connectivity index is 2.18. The van der Waals surface area contributed by atoms with Crippen LogP contribution in [0.15, 0.2) is 6.20 Å². The minimum absolute atomic E-state index is 0.0431. The summed E-state index contributed by atoms with van der Waals surface area (Å²) in [6.07, 6.45) is 4.91. The molecule has 0 aliphatic heterocycles. The van der Waals surface area contributed by atoms with E-state index in [0.29, 0.717) is 17.4 Å². The molecule has 0 bridgehead atoms. The van der Waals surface area contributed by atoms with Crippen molar-refractivity contribution >= 4 is 11.8 Å². The molecule has 1 fully saturated rings. The van der Waals surface area contributed by atoms with Crippen LogP contribution in [0.3, 0.4) is 0 Å². The number of aromatic nitrogens is 2. The molecule has 1 aliphatic rings. The first-order valence-corrected chi connectivity index (χ1v) is 4.72. The molecule has 0 radical (unpaired) electrons. The van der Waals surface area contributed by atoms with Crippen molar-refractivity contribution in [3.63, 3.8) is 0 Å². The molecule has 0 unspecified atom stereocenters. The van der Waals surface area contributed by atoms with Gasteiger partial charge in [-0.15, -0.1) is 0 Å². The molecule has 3 N–H and O–H groups in total. The van der Waals surface area contributed by atoms with E-state index in [1.165, 1.54) is 6.42 Å². The number of carbonyl (C=O) groups is 1. The molecule has 1 heterocycles. The van der Waals surface area contributed by atoms with E-state index < -0.39 is 5.97 Å². The maximum atomic E-state index is 10.5. The summed E-state index contributed by atoms with van der Waals surface area (Å²) in [5, 5.41) is 12.7. The van der Waals surface area contributed by atoms with Gasteiger partial charge < -0.3 is 10.8 Å². The van der Waals surface area contributed by atoms with Crippen LogP contribution in [0.1, 0.15) is 30.9 Å². The van der Waals surface area contributed by atoms with Crippen LogP contribution in [0.4, 0.5) is 5.82 Å². The van der Waals surface area contributed by atoms with Crippen LogP contribution >= 0.6 is 0 Å². The summed E-state index contributed by atoms with van der Waals surface area (Å²) < 4.78 is 1.75. The number of anilines is 1. The predicted octanol–water partition coefficient (Wildman–Crippen LogP) is 0.817. The minimum Gasteiger partial charge on any atom is -0.481 e. The van der Waals surface area contributed by atoms with Crippen molar-refractivity contribution in [3.05, 3.63) is 11.8 Å². The van der Waals surface area contributed by atoms with Gasteiger partial charge in [0.15, 0.2) is 0 Å². The van der Waals surface area contributed by atoms with Gasteiger partial charge in [0.05, 0.1) is 18.7 Å². The van der Waals surface area contributed by atoms with Gasteiger partial charge >= 0.3 is 5.97 Å². The number of nitrogen functional groups attached to an aromatic ring is 1. The van der Waals surface area contributed by atoms with E-state index in [-0.39, 0.29) is 6.42 Å². The van der Waals surface area contributed by atoms with Crippen molar-refractivity contribution in [3.8, 4) is 0 Å². The van der Waals surface area contributed by atoms with Crippen LogP contribution in [0.25, 0.3) is 0 Å². The molecule has 0 amide bonds. The van der Waals surface area contributed by atoms with Gasteiger partial charge in [-0.25, -0.2) is 4.68 Å². The first-order valence-electron chi connectivity index (χ1n) is 4.72. The lowest BCUT2D eigenvalue weighted by atomic mass is 9.93. The second-order valence-corrected chi connectivity index (χ2v) is 3.65. The van der Waals surface area contributed by atoms with Crippen LogP contribution in [-0.2, 0) is 11.2 Å². The standard InChI is InChI=1S/C9H13N3O2/c10-9-6(4-8(13)14)5-11-12(9)7-2-1-3-7/h5,7H,1-4,10H2,(H,13,14). The van der Waals surface area contributed by atoms with E-state index in [1.807, 2.05) is 0 Å². The summed E-state index contributed by atoms with van der Waals surface area (Å²) in [5.74, 6) is -0.359. The lowest BCUT2D eigenvalue weighted by Crippen LogP contribution is -2.20. The molecule has 2 rings (SSSR count). The van der Waals surface area contributed by atoms with Gasteiger partial charge in [0.25, 0.3) is 0 Å². The van der Waals surface area contributed by atoms with Crippen molar-refractivity contribution < 1.29 is 9.90 Å². The number of nitrogens with zero attached hydrogens (tertiary/aromatic N) is 2. The molecule has 0 saturated heterocycles. The maximum absolute atomic E-state index is 10.5. The third kappa shape index (κ3) is 1.45. The molecular formula is C9H13N3O2. The molecule has 5 nitrogen and oxygen atoms in total. The molecule has 1 aromatic rings. The predicted molar refractivity (Wildman–Crippen MR) is 50.9 cm³/mol. The van der Waals surface area contributed by atoms with E-state index >= 15 is 0 Å². The summed E-state index contributed by atoms with van der Waals surface area (Å²) in [4.78, 5) is 10.5. The topological polar surface area (TPSA) is 81.1 Å². The second-order valence-electron chi connectivity index (χ2n) is 3.65. The van der Waals surface area contributed by atoms with E-state index in [2.05, 4.69) is 5.10 Å². The van der Waals surface area contributed by atoms with Crippen LogP contribution < -0.4 is 5.73 Å². The number of carboxylic acids is 1. The van der Waals surface area contributed by atoms with Crippen LogP contribution in [0, 0.1) is 0 Å². The average Bonchev–Trinajstić information content (AvgIpc) is 2.32. The van der Waals surface area contributed by atoms with Gasteiger partial charge in [0, 0.05) is 5.56 Å². The normalized spacial score (nSPS) is 16.6. The molecule has 14 heavy (non-hydrogen) atoms. The summed E-state index contributed by atoms with van der Waals surface area (Å²) in [6.45, 7) is 0.